The van der Waals surface area contributed by atoms with E-state index in [4.69, 9.17) is 4.74 Å². The van der Waals surface area contributed by atoms with Gasteiger partial charge in [-0.05, 0) is 73.0 Å². The second-order valence-corrected chi connectivity index (χ2v) is 12.6. The first-order chi connectivity index (χ1) is 21.6. The van der Waals surface area contributed by atoms with E-state index in [-0.39, 0.29) is 35.5 Å². The number of nitrogens with zero attached hydrogens (tertiary/aromatic N) is 2. The molecule has 0 spiro atoms. The van der Waals surface area contributed by atoms with Gasteiger partial charge >= 0.3 is 0 Å². The van der Waals surface area contributed by atoms with Gasteiger partial charge in [-0.25, -0.2) is 12.8 Å². The van der Waals surface area contributed by atoms with E-state index in [0.717, 1.165) is 9.87 Å². The average Bonchev–Trinajstić information content (AvgIpc) is 3.06. The first-order valence-corrected chi connectivity index (χ1v) is 16.2. The van der Waals surface area contributed by atoms with Gasteiger partial charge in [0.15, 0.2) is 0 Å². The topological polar surface area (TPSA) is 96.0 Å². The molecule has 0 unspecified atom stereocenters. The SMILES string of the molecule is CC[C@@H](C)NC(=O)[C@@H](Cc1ccccc1)N(Cc1ccc(F)cc1)C(=O)CN(c1ccccc1)S(=O)(=O)c1ccc(OC)cc1. The fourth-order valence-corrected chi connectivity index (χ4v) is 6.19. The Labute approximate surface area is 264 Å². The molecule has 0 heterocycles. The number of carbonyl (C=O) groups excluding carboxylic acids is 2. The highest BCUT2D eigenvalue weighted by Gasteiger charge is 2.35. The highest BCUT2D eigenvalue weighted by molar-refractivity contribution is 7.92. The summed E-state index contributed by atoms with van der Waals surface area (Å²) in [7, 11) is -2.75. The summed E-state index contributed by atoms with van der Waals surface area (Å²) in [5, 5.41) is 3.00. The van der Waals surface area contributed by atoms with Gasteiger partial charge in [0.25, 0.3) is 10.0 Å². The molecule has 2 amide bonds. The van der Waals surface area contributed by atoms with Gasteiger partial charge < -0.3 is 15.0 Å². The zero-order chi connectivity index (χ0) is 32.4. The predicted molar refractivity (Wildman–Crippen MR) is 173 cm³/mol. The molecule has 0 fully saturated rings. The first-order valence-electron chi connectivity index (χ1n) is 14.7. The van der Waals surface area contributed by atoms with Crippen molar-refractivity contribution in [3.63, 3.8) is 0 Å². The third kappa shape index (κ3) is 8.69. The van der Waals surface area contributed by atoms with Gasteiger partial charge in [-0.15, -0.1) is 0 Å². The van der Waals surface area contributed by atoms with E-state index in [1.165, 1.54) is 48.4 Å². The largest absolute Gasteiger partial charge is 0.497 e. The molecule has 0 radical (unpaired) electrons. The molecule has 4 aromatic rings. The minimum atomic E-state index is -4.23. The van der Waals surface area contributed by atoms with Crippen molar-refractivity contribution in [2.75, 3.05) is 18.0 Å². The smallest absolute Gasteiger partial charge is 0.264 e. The molecule has 10 heteroatoms. The van der Waals surface area contributed by atoms with Gasteiger partial charge in [0.1, 0.15) is 24.2 Å². The molecule has 45 heavy (non-hydrogen) atoms. The van der Waals surface area contributed by atoms with Crippen LogP contribution in [0.2, 0.25) is 0 Å². The minimum Gasteiger partial charge on any atom is -0.497 e. The van der Waals surface area contributed by atoms with Crippen molar-refractivity contribution in [2.24, 2.45) is 0 Å². The van der Waals surface area contributed by atoms with Crippen LogP contribution < -0.4 is 14.4 Å². The molecular weight excluding hydrogens is 593 g/mol. The second kappa shape index (κ2) is 15.3. The van der Waals surface area contributed by atoms with Crippen molar-refractivity contribution in [3.8, 4) is 5.75 Å². The number of benzene rings is 4. The molecular formula is C35H38FN3O5S. The van der Waals surface area contributed by atoms with Crippen LogP contribution in [0.4, 0.5) is 10.1 Å². The number of carbonyl (C=O) groups is 2. The number of sulfonamides is 1. The standard InChI is InChI=1S/C35H38FN3O5S/c1-4-26(2)37-35(41)33(23-27-11-7-5-8-12-27)38(24-28-15-17-29(36)18-16-28)34(40)25-39(30-13-9-6-10-14-30)45(42,43)32-21-19-31(44-3)20-22-32/h5-22,26,33H,4,23-25H2,1-3H3,(H,37,41)/t26-,33-/m1/s1. The Balaban J connectivity index is 1.78. The number of ether oxygens (including phenoxy) is 1. The summed E-state index contributed by atoms with van der Waals surface area (Å²) >= 11 is 0. The number of anilines is 1. The fraction of sp³-hybridized carbons (Fsp3) is 0.257. The molecule has 4 rings (SSSR count). The third-order valence-corrected chi connectivity index (χ3v) is 9.30. The molecule has 0 bridgehead atoms. The van der Waals surface area contributed by atoms with Crippen LogP contribution in [-0.4, -0.2) is 50.9 Å². The van der Waals surface area contributed by atoms with E-state index in [0.29, 0.717) is 17.7 Å². The number of nitrogens with one attached hydrogen (secondary N) is 1. The minimum absolute atomic E-state index is 0.0274. The van der Waals surface area contributed by atoms with Crippen LogP contribution in [-0.2, 0) is 32.6 Å². The van der Waals surface area contributed by atoms with Crippen molar-refractivity contribution in [1.82, 2.24) is 10.2 Å². The van der Waals surface area contributed by atoms with Gasteiger partial charge in [0.2, 0.25) is 11.8 Å². The summed E-state index contributed by atoms with van der Waals surface area (Å²) in [6.45, 7) is 3.19. The quantitative estimate of drug-likeness (QED) is 0.196. The zero-order valence-electron chi connectivity index (χ0n) is 25.6. The lowest BCUT2D eigenvalue weighted by atomic mass is 10.0. The Morgan fingerprint density at radius 1 is 0.844 bits per heavy atom. The van der Waals surface area contributed by atoms with Crippen LogP contribution in [0.3, 0.4) is 0 Å². The maximum absolute atomic E-state index is 14.4. The summed E-state index contributed by atoms with van der Waals surface area (Å²) < 4.78 is 48.2. The van der Waals surface area contributed by atoms with E-state index in [1.54, 1.807) is 42.5 Å². The molecule has 0 aliphatic heterocycles. The number of methoxy groups -OCH3 is 1. The van der Waals surface area contributed by atoms with Gasteiger partial charge in [-0.3, -0.25) is 13.9 Å². The van der Waals surface area contributed by atoms with Crippen LogP contribution in [0.1, 0.15) is 31.4 Å². The first kappa shape index (κ1) is 33.2. The monoisotopic (exact) mass is 631 g/mol. The summed E-state index contributed by atoms with van der Waals surface area (Å²) in [5.41, 5.74) is 1.69. The Bertz CT molecular complexity index is 1650. The molecule has 2 atom stereocenters. The van der Waals surface area contributed by atoms with Gasteiger partial charge in [0.05, 0.1) is 17.7 Å². The molecule has 236 valence electrons. The number of para-hydroxylation sites is 1. The predicted octanol–water partition coefficient (Wildman–Crippen LogP) is 5.58. The summed E-state index contributed by atoms with van der Waals surface area (Å²) in [4.78, 5) is 29.6. The Kier molecular flexibility index (Phi) is 11.3. The van der Waals surface area contributed by atoms with Crippen molar-refractivity contribution < 1.29 is 27.1 Å². The van der Waals surface area contributed by atoms with Gasteiger partial charge in [0, 0.05) is 19.0 Å². The molecule has 0 saturated carbocycles. The number of hydrogen-bond donors (Lipinski definition) is 1. The summed E-state index contributed by atoms with van der Waals surface area (Å²) in [6.07, 6.45) is 0.865. The Morgan fingerprint density at radius 3 is 2.02 bits per heavy atom. The van der Waals surface area contributed by atoms with Crippen molar-refractivity contribution in [1.29, 1.82) is 0 Å². The van der Waals surface area contributed by atoms with E-state index >= 15 is 0 Å². The van der Waals surface area contributed by atoms with Crippen molar-refractivity contribution in [2.45, 2.75) is 50.2 Å². The molecule has 0 saturated heterocycles. The molecule has 0 aromatic heterocycles. The molecule has 4 aromatic carbocycles. The second-order valence-electron chi connectivity index (χ2n) is 10.7. The average molecular weight is 632 g/mol. The Morgan fingerprint density at radius 2 is 1.44 bits per heavy atom. The number of halogens is 1. The maximum atomic E-state index is 14.4. The van der Waals surface area contributed by atoms with Gasteiger partial charge in [-0.2, -0.15) is 0 Å². The van der Waals surface area contributed by atoms with E-state index in [1.807, 2.05) is 44.2 Å². The van der Waals surface area contributed by atoms with E-state index in [9.17, 15) is 22.4 Å². The Hall–Kier alpha value is -4.70. The summed E-state index contributed by atoms with van der Waals surface area (Å²) in [5.74, 6) is -0.918. The molecule has 8 nitrogen and oxygen atoms in total. The van der Waals surface area contributed by atoms with Crippen molar-refractivity contribution >= 4 is 27.5 Å². The number of rotatable bonds is 14. The molecule has 1 N–H and O–H groups in total. The van der Waals surface area contributed by atoms with Crippen molar-refractivity contribution in [3.05, 3.63) is 126 Å². The van der Waals surface area contributed by atoms with Crippen LogP contribution >= 0.6 is 0 Å². The normalized spacial score (nSPS) is 12.5. The third-order valence-electron chi connectivity index (χ3n) is 7.51. The highest BCUT2D eigenvalue weighted by atomic mass is 32.2. The van der Waals surface area contributed by atoms with E-state index < -0.39 is 34.3 Å². The highest BCUT2D eigenvalue weighted by Crippen LogP contribution is 2.26. The number of hydrogen-bond acceptors (Lipinski definition) is 5. The molecule has 0 aliphatic rings. The van der Waals surface area contributed by atoms with Crippen LogP contribution in [0.5, 0.6) is 5.75 Å². The van der Waals surface area contributed by atoms with Crippen LogP contribution in [0.15, 0.2) is 114 Å². The van der Waals surface area contributed by atoms with Gasteiger partial charge in [-0.1, -0.05) is 67.6 Å². The number of amides is 2. The zero-order valence-corrected chi connectivity index (χ0v) is 26.4. The van der Waals surface area contributed by atoms with Crippen LogP contribution in [0, 0.1) is 5.82 Å². The maximum Gasteiger partial charge on any atom is 0.264 e. The van der Waals surface area contributed by atoms with Crippen LogP contribution in [0.25, 0.3) is 0 Å². The molecule has 0 aliphatic carbocycles. The fourth-order valence-electron chi connectivity index (χ4n) is 4.78. The lowest BCUT2D eigenvalue weighted by molar-refractivity contribution is -0.140. The lowest BCUT2D eigenvalue weighted by Gasteiger charge is -2.34. The summed E-state index contributed by atoms with van der Waals surface area (Å²) in [6, 6.07) is 28.1. The lowest BCUT2D eigenvalue weighted by Crippen LogP contribution is -2.54. The van der Waals surface area contributed by atoms with E-state index in [2.05, 4.69) is 5.32 Å².